The third-order valence-electron chi connectivity index (χ3n) is 4.61. The SMILES string of the molecule is CN(Cc1ccc(Cl)c(Cl)c1)C(=O)CN1CCN(Cc2cccs2)CC1. The van der Waals surface area contributed by atoms with Gasteiger partial charge in [0.25, 0.3) is 0 Å². The first-order valence-electron chi connectivity index (χ1n) is 8.66. The Labute approximate surface area is 168 Å². The average Bonchev–Trinajstić information content (AvgIpc) is 3.13. The molecule has 0 bridgehead atoms. The van der Waals surface area contributed by atoms with Crippen molar-refractivity contribution in [3.8, 4) is 0 Å². The summed E-state index contributed by atoms with van der Waals surface area (Å²) in [6.07, 6.45) is 0. The topological polar surface area (TPSA) is 26.8 Å². The lowest BCUT2D eigenvalue weighted by atomic mass is 10.2. The summed E-state index contributed by atoms with van der Waals surface area (Å²) >= 11 is 13.8. The molecule has 1 aromatic carbocycles. The van der Waals surface area contributed by atoms with E-state index >= 15 is 0 Å². The molecule has 1 saturated heterocycles. The Hall–Kier alpha value is -1.11. The number of benzene rings is 1. The molecule has 26 heavy (non-hydrogen) atoms. The Morgan fingerprint density at radius 1 is 1.12 bits per heavy atom. The zero-order valence-electron chi connectivity index (χ0n) is 14.8. The Kier molecular flexibility index (Phi) is 6.95. The van der Waals surface area contributed by atoms with E-state index in [4.69, 9.17) is 23.2 Å². The third-order valence-corrected chi connectivity index (χ3v) is 6.21. The molecule has 0 aliphatic carbocycles. The Morgan fingerprint density at radius 3 is 2.50 bits per heavy atom. The highest BCUT2D eigenvalue weighted by Crippen LogP contribution is 2.23. The Balaban J connectivity index is 1.43. The first kappa shape index (κ1) is 19.6. The van der Waals surface area contributed by atoms with Gasteiger partial charge in [0, 0.05) is 51.2 Å². The van der Waals surface area contributed by atoms with Crippen LogP contribution in [0.2, 0.25) is 10.0 Å². The number of thiophene rings is 1. The maximum Gasteiger partial charge on any atom is 0.236 e. The van der Waals surface area contributed by atoms with Crippen LogP contribution < -0.4 is 0 Å². The molecule has 0 atom stereocenters. The minimum Gasteiger partial charge on any atom is -0.340 e. The first-order valence-corrected chi connectivity index (χ1v) is 10.3. The van der Waals surface area contributed by atoms with Crippen LogP contribution in [0.1, 0.15) is 10.4 Å². The molecule has 1 amide bonds. The molecule has 3 rings (SSSR count). The summed E-state index contributed by atoms with van der Waals surface area (Å²) in [4.78, 5) is 20.4. The van der Waals surface area contributed by atoms with Gasteiger partial charge in [-0.3, -0.25) is 14.6 Å². The van der Waals surface area contributed by atoms with Crippen LogP contribution in [0.15, 0.2) is 35.7 Å². The molecule has 140 valence electrons. The quantitative estimate of drug-likeness (QED) is 0.722. The lowest BCUT2D eigenvalue weighted by Gasteiger charge is -2.34. The van der Waals surface area contributed by atoms with Gasteiger partial charge >= 0.3 is 0 Å². The fourth-order valence-corrected chi connectivity index (χ4v) is 4.11. The van der Waals surface area contributed by atoms with E-state index in [0.29, 0.717) is 23.1 Å². The molecular weight excluding hydrogens is 389 g/mol. The van der Waals surface area contributed by atoms with Crippen molar-refractivity contribution < 1.29 is 4.79 Å². The van der Waals surface area contributed by atoms with Crippen LogP contribution in [0.25, 0.3) is 0 Å². The molecule has 0 saturated carbocycles. The number of amides is 1. The highest BCUT2D eigenvalue weighted by atomic mass is 35.5. The van der Waals surface area contributed by atoms with E-state index in [9.17, 15) is 4.79 Å². The summed E-state index contributed by atoms with van der Waals surface area (Å²) in [6.45, 7) is 5.87. The van der Waals surface area contributed by atoms with Crippen molar-refractivity contribution in [2.24, 2.45) is 0 Å². The van der Waals surface area contributed by atoms with Crippen LogP contribution in [0.3, 0.4) is 0 Å². The highest BCUT2D eigenvalue weighted by molar-refractivity contribution is 7.09. The van der Waals surface area contributed by atoms with Crippen molar-refractivity contribution in [2.75, 3.05) is 39.8 Å². The molecule has 4 nitrogen and oxygen atoms in total. The van der Waals surface area contributed by atoms with Crippen LogP contribution in [-0.4, -0.2) is 60.4 Å². The van der Waals surface area contributed by atoms with E-state index < -0.39 is 0 Å². The molecule has 0 spiro atoms. The third kappa shape index (κ3) is 5.44. The van der Waals surface area contributed by atoms with Gasteiger partial charge < -0.3 is 4.90 Å². The van der Waals surface area contributed by atoms with E-state index in [-0.39, 0.29) is 5.91 Å². The number of likely N-dealkylation sites (N-methyl/N-ethyl adjacent to an activating group) is 1. The van der Waals surface area contributed by atoms with Gasteiger partial charge in [0.2, 0.25) is 5.91 Å². The standard InChI is InChI=1S/C19H23Cl2N3OS/c1-22(12-15-4-5-17(20)18(21)11-15)19(25)14-24-8-6-23(7-9-24)13-16-3-2-10-26-16/h2-5,10-11H,6-9,12-14H2,1H3. The Morgan fingerprint density at radius 2 is 1.85 bits per heavy atom. The van der Waals surface area contributed by atoms with Gasteiger partial charge in [0.15, 0.2) is 0 Å². The van der Waals surface area contributed by atoms with Crippen molar-refractivity contribution >= 4 is 40.4 Å². The van der Waals surface area contributed by atoms with Crippen LogP contribution in [0.5, 0.6) is 0 Å². The Bertz CT molecular complexity index is 730. The maximum atomic E-state index is 12.5. The molecule has 1 aliphatic heterocycles. The molecule has 0 unspecified atom stereocenters. The minimum absolute atomic E-state index is 0.128. The number of carbonyl (C=O) groups excluding carboxylic acids is 1. The number of hydrogen-bond donors (Lipinski definition) is 0. The van der Waals surface area contributed by atoms with Crippen molar-refractivity contribution in [2.45, 2.75) is 13.1 Å². The second kappa shape index (κ2) is 9.20. The van der Waals surface area contributed by atoms with E-state index in [1.807, 2.05) is 19.2 Å². The lowest BCUT2D eigenvalue weighted by Crippen LogP contribution is -2.49. The smallest absolute Gasteiger partial charge is 0.236 e. The van der Waals surface area contributed by atoms with Crippen LogP contribution in [-0.2, 0) is 17.9 Å². The minimum atomic E-state index is 0.128. The molecule has 0 radical (unpaired) electrons. The normalized spacial score (nSPS) is 16.0. The summed E-state index contributed by atoms with van der Waals surface area (Å²) in [7, 11) is 1.83. The van der Waals surface area contributed by atoms with Gasteiger partial charge in [0.1, 0.15) is 0 Å². The van der Waals surface area contributed by atoms with Gasteiger partial charge in [-0.25, -0.2) is 0 Å². The first-order chi connectivity index (χ1) is 12.5. The predicted molar refractivity (Wildman–Crippen MR) is 109 cm³/mol. The number of nitrogens with zero attached hydrogens (tertiary/aromatic N) is 3. The summed E-state index contributed by atoms with van der Waals surface area (Å²) < 4.78 is 0. The largest absolute Gasteiger partial charge is 0.340 e. The van der Waals surface area contributed by atoms with Gasteiger partial charge in [-0.05, 0) is 29.1 Å². The number of piperazine rings is 1. The van der Waals surface area contributed by atoms with Crippen LogP contribution in [0, 0.1) is 0 Å². The van der Waals surface area contributed by atoms with E-state index in [1.165, 1.54) is 4.88 Å². The van der Waals surface area contributed by atoms with Crippen LogP contribution >= 0.6 is 34.5 Å². The van der Waals surface area contributed by atoms with Gasteiger partial charge in [-0.1, -0.05) is 35.3 Å². The van der Waals surface area contributed by atoms with Crippen molar-refractivity contribution in [3.63, 3.8) is 0 Å². The second-order valence-corrected chi connectivity index (χ2v) is 8.48. The zero-order valence-corrected chi connectivity index (χ0v) is 17.2. The van der Waals surface area contributed by atoms with Crippen molar-refractivity contribution in [1.29, 1.82) is 0 Å². The molecule has 1 aromatic heterocycles. The molecule has 1 fully saturated rings. The molecular formula is C19H23Cl2N3OS. The zero-order chi connectivity index (χ0) is 18.5. The van der Waals surface area contributed by atoms with E-state index in [0.717, 1.165) is 38.3 Å². The summed E-state index contributed by atoms with van der Waals surface area (Å²) in [5.41, 5.74) is 0.982. The fraction of sp³-hybridized carbons (Fsp3) is 0.421. The second-order valence-electron chi connectivity index (χ2n) is 6.63. The van der Waals surface area contributed by atoms with E-state index in [1.54, 1.807) is 22.3 Å². The highest BCUT2D eigenvalue weighted by Gasteiger charge is 2.21. The predicted octanol–water partition coefficient (Wildman–Crippen LogP) is 3.83. The number of hydrogen-bond acceptors (Lipinski definition) is 4. The van der Waals surface area contributed by atoms with Gasteiger partial charge in [-0.15, -0.1) is 11.3 Å². The number of rotatable bonds is 6. The fourth-order valence-electron chi connectivity index (χ4n) is 3.04. The van der Waals surface area contributed by atoms with Crippen LogP contribution in [0.4, 0.5) is 0 Å². The van der Waals surface area contributed by atoms with E-state index in [2.05, 4.69) is 27.3 Å². The lowest BCUT2D eigenvalue weighted by molar-refractivity contribution is -0.132. The van der Waals surface area contributed by atoms with Crippen molar-refractivity contribution in [1.82, 2.24) is 14.7 Å². The summed E-state index contributed by atoms with van der Waals surface area (Å²) in [6, 6.07) is 9.76. The summed E-state index contributed by atoms with van der Waals surface area (Å²) in [5.74, 6) is 0.128. The van der Waals surface area contributed by atoms with Gasteiger partial charge in [0.05, 0.1) is 16.6 Å². The molecule has 1 aliphatic rings. The number of halogens is 2. The molecule has 2 heterocycles. The molecule has 2 aromatic rings. The van der Waals surface area contributed by atoms with Crippen molar-refractivity contribution in [3.05, 3.63) is 56.2 Å². The number of carbonyl (C=O) groups is 1. The molecule has 7 heteroatoms. The summed E-state index contributed by atoms with van der Waals surface area (Å²) in [5, 5.41) is 3.17. The monoisotopic (exact) mass is 411 g/mol. The maximum absolute atomic E-state index is 12.5. The van der Waals surface area contributed by atoms with Gasteiger partial charge in [-0.2, -0.15) is 0 Å². The molecule has 0 N–H and O–H groups in total. The average molecular weight is 412 g/mol.